The zero-order valence-electron chi connectivity index (χ0n) is 18.8. The predicted molar refractivity (Wildman–Crippen MR) is 137 cm³/mol. The predicted octanol–water partition coefficient (Wildman–Crippen LogP) is 4.75. The maximum absolute atomic E-state index is 12.8. The van der Waals surface area contributed by atoms with Crippen molar-refractivity contribution in [3.8, 4) is 21.8 Å². The number of hydrogen-bond acceptors (Lipinski definition) is 6. The van der Waals surface area contributed by atoms with Crippen LogP contribution in [0.15, 0.2) is 89.1 Å². The Morgan fingerprint density at radius 2 is 1.63 bits per heavy atom. The summed E-state index contributed by atoms with van der Waals surface area (Å²) in [5.74, 6) is -0.319. The van der Waals surface area contributed by atoms with Crippen LogP contribution in [0.2, 0.25) is 0 Å². The molecule has 1 saturated heterocycles. The Bertz CT molecular complexity index is 1430. The van der Waals surface area contributed by atoms with Gasteiger partial charge in [-0.3, -0.25) is 4.79 Å². The maximum atomic E-state index is 12.8. The van der Waals surface area contributed by atoms with Gasteiger partial charge in [0.15, 0.2) is 0 Å². The molecule has 1 aliphatic rings. The van der Waals surface area contributed by atoms with Gasteiger partial charge in [0, 0.05) is 40.8 Å². The second-order valence-corrected chi connectivity index (χ2v) is 10.8. The van der Waals surface area contributed by atoms with E-state index in [1.165, 1.54) is 28.6 Å². The van der Waals surface area contributed by atoms with E-state index >= 15 is 0 Å². The highest BCUT2D eigenvalue weighted by atomic mass is 32.2. The molecule has 0 aliphatic carbocycles. The molecule has 0 saturated carbocycles. The second-order valence-electron chi connectivity index (χ2n) is 7.98. The van der Waals surface area contributed by atoms with Gasteiger partial charge in [-0.2, -0.15) is 4.31 Å². The summed E-state index contributed by atoms with van der Waals surface area (Å²) in [6.45, 7) is 1.42. The van der Waals surface area contributed by atoms with Gasteiger partial charge in [0.1, 0.15) is 5.01 Å². The van der Waals surface area contributed by atoms with Crippen molar-refractivity contribution in [2.75, 3.05) is 31.6 Å². The van der Waals surface area contributed by atoms with E-state index in [-0.39, 0.29) is 10.8 Å². The van der Waals surface area contributed by atoms with Crippen molar-refractivity contribution in [3.63, 3.8) is 0 Å². The number of carbonyl (C=O) groups is 1. The van der Waals surface area contributed by atoms with Crippen molar-refractivity contribution >= 4 is 33.0 Å². The summed E-state index contributed by atoms with van der Waals surface area (Å²) in [5.41, 5.74) is 3.80. The zero-order valence-corrected chi connectivity index (χ0v) is 20.4. The Hall–Kier alpha value is -3.37. The van der Waals surface area contributed by atoms with E-state index in [0.29, 0.717) is 37.6 Å². The van der Waals surface area contributed by atoms with Gasteiger partial charge in [-0.25, -0.2) is 13.4 Å². The molecule has 2 heterocycles. The summed E-state index contributed by atoms with van der Waals surface area (Å²) in [4.78, 5) is 17.7. The van der Waals surface area contributed by atoms with Crippen LogP contribution in [0, 0.1) is 0 Å². The van der Waals surface area contributed by atoms with Crippen LogP contribution in [0.3, 0.4) is 0 Å². The summed E-state index contributed by atoms with van der Waals surface area (Å²) < 4.78 is 32.2. The Kier molecular flexibility index (Phi) is 6.74. The van der Waals surface area contributed by atoms with Crippen LogP contribution in [0.25, 0.3) is 21.8 Å². The third-order valence-electron chi connectivity index (χ3n) is 5.67. The van der Waals surface area contributed by atoms with Gasteiger partial charge in [-0.15, -0.1) is 11.3 Å². The highest BCUT2D eigenvalue weighted by Crippen LogP contribution is 2.30. The molecule has 0 radical (unpaired) electrons. The molecule has 35 heavy (non-hydrogen) atoms. The quantitative estimate of drug-likeness (QED) is 0.409. The van der Waals surface area contributed by atoms with E-state index in [0.717, 1.165) is 21.8 Å². The summed E-state index contributed by atoms with van der Waals surface area (Å²) in [7, 11) is -3.60. The van der Waals surface area contributed by atoms with Gasteiger partial charge in [0.25, 0.3) is 5.91 Å². The molecule has 3 aromatic carbocycles. The smallest absolute Gasteiger partial charge is 0.255 e. The number of nitrogens with one attached hydrogen (secondary N) is 1. The number of thiazole rings is 1. The molecular weight excluding hydrogens is 482 g/mol. The number of amides is 1. The van der Waals surface area contributed by atoms with Crippen LogP contribution in [0.1, 0.15) is 10.4 Å². The van der Waals surface area contributed by atoms with Gasteiger partial charge in [0.2, 0.25) is 10.0 Å². The number of anilines is 1. The van der Waals surface area contributed by atoms with Crippen LogP contribution in [0.5, 0.6) is 0 Å². The third kappa shape index (κ3) is 5.18. The number of ether oxygens (including phenoxy) is 1. The Morgan fingerprint density at radius 3 is 2.37 bits per heavy atom. The molecule has 5 rings (SSSR count). The Labute approximate surface area is 208 Å². The number of rotatable bonds is 6. The molecule has 0 spiro atoms. The molecule has 7 nitrogen and oxygen atoms in total. The number of nitrogens with zero attached hydrogens (tertiary/aromatic N) is 2. The molecule has 0 bridgehead atoms. The summed E-state index contributed by atoms with van der Waals surface area (Å²) in [6, 6.07) is 23.5. The van der Waals surface area contributed by atoms with E-state index in [4.69, 9.17) is 9.72 Å². The van der Waals surface area contributed by atoms with Crippen molar-refractivity contribution < 1.29 is 17.9 Å². The summed E-state index contributed by atoms with van der Waals surface area (Å²) >= 11 is 1.57. The first-order valence-electron chi connectivity index (χ1n) is 11.1. The number of sulfonamides is 1. The van der Waals surface area contributed by atoms with E-state index in [1.54, 1.807) is 11.3 Å². The monoisotopic (exact) mass is 505 g/mol. The normalized spacial score (nSPS) is 14.5. The molecule has 178 valence electrons. The van der Waals surface area contributed by atoms with Gasteiger partial charge in [0.05, 0.1) is 23.8 Å². The van der Waals surface area contributed by atoms with Gasteiger partial charge in [-0.05, 0) is 36.4 Å². The lowest BCUT2D eigenvalue weighted by Gasteiger charge is -2.26. The third-order valence-corrected chi connectivity index (χ3v) is 8.47. The highest BCUT2D eigenvalue weighted by molar-refractivity contribution is 7.89. The van der Waals surface area contributed by atoms with Crippen molar-refractivity contribution in [2.24, 2.45) is 0 Å². The number of benzene rings is 3. The molecule has 9 heteroatoms. The highest BCUT2D eigenvalue weighted by Gasteiger charge is 2.26. The maximum Gasteiger partial charge on any atom is 0.255 e. The molecule has 0 atom stereocenters. The number of hydrogen-bond donors (Lipinski definition) is 1. The number of carbonyl (C=O) groups excluding carboxylic acids is 1. The molecule has 0 unspecified atom stereocenters. The van der Waals surface area contributed by atoms with Crippen LogP contribution in [-0.4, -0.2) is 49.9 Å². The largest absolute Gasteiger partial charge is 0.379 e. The van der Waals surface area contributed by atoms with E-state index in [2.05, 4.69) is 5.32 Å². The zero-order chi connectivity index (χ0) is 24.3. The van der Waals surface area contributed by atoms with Crippen molar-refractivity contribution in [1.82, 2.24) is 9.29 Å². The second kappa shape index (κ2) is 10.1. The minimum atomic E-state index is -3.60. The van der Waals surface area contributed by atoms with Crippen molar-refractivity contribution in [2.45, 2.75) is 4.90 Å². The molecule has 1 N–H and O–H groups in total. The van der Waals surface area contributed by atoms with Crippen LogP contribution < -0.4 is 5.32 Å². The van der Waals surface area contributed by atoms with Crippen molar-refractivity contribution in [3.05, 3.63) is 89.8 Å². The first kappa shape index (κ1) is 23.4. The summed E-state index contributed by atoms with van der Waals surface area (Å²) in [6.07, 6.45) is 0. The molecule has 1 amide bonds. The lowest BCUT2D eigenvalue weighted by molar-refractivity contribution is 0.0730. The minimum Gasteiger partial charge on any atom is -0.379 e. The Balaban J connectivity index is 1.29. The average Bonchev–Trinajstić information content (AvgIpc) is 3.41. The minimum absolute atomic E-state index is 0.163. The lowest BCUT2D eigenvalue weighted by atomic mass is 10.1. The van der Waals surface area contributed by atoms with Crippen LogP contribution >= 0.6 is 11.3 Å². The lowest BCUT2D eigenvalue weighted by Crippen LogP contribution is -2.40. The van der Waals surface area contributed by atoms with E-state index in [1.807, 2.05) is 60.0 Å². The molecular formula is C26H23N3O4S2. The van der Waals surface area contributed by atoms with Crippen LogP contribution in [0.4, 0.5) is 5.69 Å². The molecule has 1 aromatic heterocycles. The SMILES string of the molecule is O=C(Nc1cccc(-c2csc(-c3ccccc3)n2)c1)c1ccc(S(=O)(=O)N2CCOCC2)cc1. The number of aromatic nitrogens is 1. The van der Waals surface area contributed by atoms with Gasteiger partial charge >= 0.3 is 0 Å². The number of morpholine rings is 1. The Morgan fingerprint density at radius 1 is 0.914 bits per heavy atom. The fourth-order valence-electron chi connectivity index (χ4n) is 3.79. The van der Waals surface area contributed by atoms with Crippen molar-refractivity contribution in [1.29, 1.82) is 0 Å². The summed E-state index contributed by atoms with van der Waals surface area (Å²) in [5, 5.41) is 5.82. The molecule has 1 fully saturated rings. The topological polar surface area (TPSA) is 88.6 Å². The average molecular weight is 506 g/mol. The van der Waals surface area contributed by atoms with Crippen LogP contribution in [-0.2, 0) is 14.8 Å². The fourth-order valence-corrected chi connectivity index (χ4v) is 6.04. The first-order chi connectivity index (χ1) is 17.0. The van der Waals surface area contributed by atoms with Gasteiger partial charge < -0.3 is 10.1 Å². The van der Waals surface area contributed by atoms with E-state index < -0.39 is 10.0 Å². The van der Waals surface area contributed by atoms with Gasteiger partial charge in [-0.1, -0.05) is 42.5 Å². The molecule has 4 aromatic rings. The first-order valence-corrected chi connectivity index (χ1v) is 13.4. The molecule has 1 aliphatic heterocycles. The standard InChI is InChI=1S/C26H23N3O4S2/c30-25(19-9-11-23(12-10-19)35(31,32)29-13-15-33-16-14-29)27-22-8-4-7-21(17-22)24-18-34-26(28-24)20-5-2-1-3-6-20/h1-12,17-18H,13-16H2,(H,27,30). The van der Waals surface area contributed by atoms with E-state index in [9.17, 15) is 13.2 Å². The fraction of sp³-hybridized carbons (Fsp3) is 0.154.